The number of pyridine rings is 1. The second-order valence-electron chi connectivity index (χ2n) is 7.42. The minimum absolute atomic E-state index is 0.520. The van der Waals surface area contributed by atoms with Gasteiger partial charge in [-0.2, -0.15) is 5.10 Å². The Kier molecular flexibility index (Phi) is 5.74. The second kappa shape index (κ2) is 8.59. The SMILES string of the molecule is CCc1nn2ccccc2c1CCN1CCc2cc(/C=C/C(=O)NO)ccc2C1. The Morgan fingerprint density at radius 3 is 3.00 bits per heavy atom. The number of amides is 1. The van der Waals surface area contributed by atoms with Crippen LogP contribution >= 0.6 is 0 Å². The van der Waals surface area contributed by atoms with Crippen LogP contribution < -0.4 is 5.48 Å². The van der Waals surface area contributed by atoms with Gasteiger partial charge in [0.15, 0.2) is 0 Å². The monoisotopic (exact) mass is 390 g/mol. The van der Waals surface area contributed by atoms with Gasteiger partial charge < -0.3 is 0 Å². The van der Waals surface area contributed by atoms with Crippen LogP contribution in [-0.4, -0.2) is 38.7 Å². The number of aromatic nitrogens is 2. The van der Waals surface area contributed by atoms with Gasteiger partial charge >= 0.3 is 0 Å². The molecule has 1 aromatic carbocycles. The molecule has 4 rings (SSSR count). The van der Waals surface area contributed by atoms with Gasteiger partial charge in [-0.3, -0.25) is 14.9 Å². The number of hydrogen-bond donors (Lipinski definition) is 2. The fraction of sp³-hybridized carbons (Fsp3) is 0.304. The molecule has 0 spiro atoms. The molecule has 1 aliphatic rings. The highest BCUT2D eigenvalue weighted by Crippen LogP contribution is 2.23. The molecule has 0 saturated heterocycles. The molecule has 6 nitrogen and oxygen atoms in total. The summed E-state index contributed by atoms with van der Waals surface area (Å²) in [6.45, 7) is 5.15. The number of rotatable bonds is 6. The van der Waals surface area contributed by atoms with E-state index >= 15 is 0 Å². The second-order valence-corrected chi connectivity index (χ2v) is 7.42. The van der Waals surface area contributed by atoms with Crippen molar-refractivity contribution < 1.29 is 10.0 Å². The average molecular weight is 390 g/mol. The van der Waals surface area contributed by atoms with Gasteiger partial charge in [0.2, 0.25) is 0 Å². The van der Waals surface area contributed by atoms with E-state index in [1.165, 1.54) is 34.0 Å². The molecule has 0 atom stereocenters. The average Bonchev–Trinajstić information content (AvgIpc) is 3.13. The number of fused-ring (bicyclic) bond motifs is 2. The minimum Gasteiger partial charge on any atom is -0.298 e. The number of aryl methyl sites for hydroxylation is 1. The van der Waals surface area contributed by atoms with E-state index in [0.717, 1.165) is 44.5 Å². The summed E-state index contributed by atoms with van der Waals surface area (Å²) in [6, 6.07) is 12.5. The molecule has 0 fully saturated rings. The molecule has 0 aliphatic carbocycles. The van der Waals surface area contributed by atoms with E-state index in [-0.39, 0.29) is 0 Å². The van der Waals surface area contributed by atoms with Crippen LogP contribution in [0.2, 0.25) is 0 Å². The Morgan fingerprint density at radius 2 is 2.17 bits per heavy atom. The first-order valence-corrected chi connectivity index (χ1v) is 10.1. The van der Waals surface area contributed by atoms with E-state index in [1.54, 1.807) is 11.6 Å². The van der Waals surface area contributed by atoms with Crippen molar-refractivity contribution in [2.24, 2.45) is 0 Å². The topological polar surface area (TPSA) is 69.9 Å². The van der Waals surface area contributed by atoms with Gasteiger partial charge in [0.25, 0.3) is 5.91 Å². The van der Waals surface area contributed by atoms with Crippen LogP contribution in [-0.2, 0) is 30.6 Å². The normalized spacial score (nSPS) is 14.4. The third-order valence-electron chi connectivity index (χ3n) is 5.60. The summed E-state index contributed by atoms with van der Waals surface area (Å²) in [4.78, 5) is 13.7. The van der Waals surface area contributed by atoms with Crippen molar-refractivity contribution in [2.75, 3.05) is 13.1 Å². The van der Waals surface area contributed by atoms with E-state index in [9.17, 15) is 4.79 Å². The van der Waals surface area contributed by atoms with Crippen LogP contribution in [0, 0.1) is 0 Å². The molecule has 29 heavy (non-hydrogen) atoms. The summed E-state index contributed by atoms with van der Waals surface area (Å²) in [5, 5.41) is 13.3. The molecule has 3 aromatic rings. The van der Waals surface area contributed by atoms with Crippen molar-refractivity contribution in [3.05, 3.63) is 76.6 Å². The van der Waals surface area contributed by atoms with Crippen molar-refractivity contribution in [2.45, 2.75) is 32.7 Å². The summed E-state index contributed by atoms with van der Waals surface area (Å²) >= 11 is 0. The Morgan fingerprint density at radius 1 is 1.28 bits per heavy atom. The number of carbonyl (C=O) groups excluding carboxylic acids is 1. The molecule has 0 bridgehead atoms. The minimum atomic E-state index is -0.520. The van der Waals surface area contributed by atoms with E-state index in [0.29, 0.717) is 0 Å². The van der Waals surface area contributed by atoms with E-state index in [2.05, 4.69) is 36.1 Å². The molecular weight excluding hydrogens is 364 g/mol. The lowest BCUT2D eigenvalue weighted by atomic mass is 9.96. The van der Waals surface area contributed by atoms with Gasteiger partial charge in [-0.05, 0) is 54.2 Å². The van der Waals surface area contributed by atoms with Crippen LogP contribution in [0.15, 0.2) is 48.7 Å². The van der Waals surface area contributed by atoms with Crippen LogP contribution in [0.4, 0.5) is 0 Å². The Bertz CT molecular complexity index is 1050. The number of carbonyl (C=O) groups is 1. The van der Waals surface area contributed by atoms with Crippen molar-refractivity contribution >= 4 is 17.5 Å². The maximum absolute atomic E-state index is 11.2. The lowest BCUT2D eigenvalue weighted by molar-refractivity contribution is -0.124. The molecule has 0 saturated carbocycles. The first-order chi connectivity index (χ1) is 14.2. The van der Waals surface area contributed by atoms with Crippen LogP contribution in [0.5, 0.6) is 0 Å². The van der Waals surface area contributed by atoms with E-state index in [1.807, 2.05) is 22.8 Å². The van der Waals surface area contributed by atoms with Gasteiger partial charge in [-0.25, -0.2) is 10.00 Å². The summed E-state index contributed by atoms with van der Waals surface area (Å²) in [5.41, 5.74) is 9.02. The van der Waals surface area contributed by atoms with Crippen LogP contribution in [0.1, 0.15) is 34.9 Å². The molecule has 3 heterocycles. The summed E-state index contributed by atoms with van der Waals surface area (Å²) in [7, 11) is 0. The quantitative estimate of drug-likeness (QED) is 0.386. The van der Waals surface area contributed by atoms with Gasteiger partial charge in [0, 0.05) is 37.5 Å². The first-order valence-electron chi connectivity index (χ1n) is 10.1. The lowest BCUT2D eigenvalue weighted by Gasteiger charge is -2.29. The molecular formula is C23H26N4O2. The zero-order chi connectivity index (χ0) is 20.2. The third kappa shape index (κ3) is 4.23. The third-order valence-corrected chi connectivity index (χ3v) is 5.60. The number of hydroxylamine groups is 1. The number of nitrogens with zero attached hydrogens (tertiary/aromatic N) is 3. The molecule has 2 aromatic heterocycles. The van der Waals surface area contributed by atoms with Gasteiger partial charge in [0.1, 0.15) is 0 Å². The Labute approximate surface area is 170 Å². The van der Waals surface area contributed by atoms with E-state index < -0.39 is 5.91 Å². The molecule has 0 unspecified atom stereocenters. The highest BCUT2D eigenvalue weighted by Gasteiger charge is 2.18. The number of hydrogen-bond acceptors (Lipinski definition) is 4. The van der Waals surface area contributed by atoms with Gasteiger partial charge in [-0.1, -0.05) is 31.2 Å². The summed E-state index contributed by atoms with van der Waals surface area (Å²) in [6.07, 6.45) is 8.02. The van der Waals surface area contributed by atoms with Crippen molar-refractivity contribution in [3.8, 4) is 0 Å². The van der Waals surface area contributed by atoms with Crippen molar-refractivity contribution in [3.63, 3.8) is 0 Å². The fourth-order valence-corrected chi connectivity index (χ4v) is 4.06. The predicted octanol–water partition coefficient (Wildman–Crippen LogP) is 3.02. The largest absolute Gasteiger partial charge is 0.298 e. The summed E-state index contributed by atoms with van der Waals surface area (Å²) < 4.78 is 1.99. The molecule has 6 heteroatoms. The molecule has 0 radical (unpaired) electrons. The highest BCUT2D eigenvalue weighted by molar-refractivity contribution is 5.90. The highest BCUT2D eigenvalue weighted by atomic mass is 16.5. The smallest absolute Gasteiger partial charge is 0.267 e. The van der Waals surface area contributed by atoms with Gasteiger partial charge in [0.05, 0.1) is 11.2 Å². The zero-order valence-electron chi connectivity index (χ0n) is 16.6. The van der Waals surface area contributed by atoms with Crippen LogP contribution in [0.3, 0.4) is 0 Å². The lowest BCUT2D eigenvalue weighted by Crippen LogP contribution is -2.32. The molecule has 1 amide bonds. The first kappa shape index (κ1) is 19.4. The predicted molar refractivity (Wildman–Crippen MR) is 113 cm³/mol. The Hall–Kier alpha value is -2.96. The molecule has 150 valence electrons. The number of nitrogens with one attached hydrogen (secondary N) is 1. The van der Waals surface area contributed by atoms with Crippen LogP contribution in [0.25, 0.3) is 11.6 Å². The summed E-state index contributed by atoms with van der Waals surface area (Å²) in [5.74, 6) is -0.520. The molecule has 1 aliphatic heterocycles. The van der Waals surface area contributed by atoms with Crippen molar-refractivity contribution in [1.29, 1.82) is 0 Å². The maximum Gasteiger partial charge on any atom is 0.267 e. The number of benzene rings is 1. The van der Waals surface area contributed by atoms with Crippen molar-refractivity contribution in [1.82, 2.24) is 20.0 Å². The van der Waals surface area contributed by atoms with Gasteiger partial charge in [-0.15, -0.1) is 0 Å². The zero-order valence-corrected chi connectivity index (χ0v) is 16.6. The Balaban J connectivity index is 1.43. The molecule has 2 N–H and O–H groups in total. The maximum atomic E-state index is 11.2. The standard InChI is InChI=1S/C23H26N4O2/c1-2-21-20(22-5-3-4-12-27(22)24-21)11-14-26-13-10-18-15-17(6-8-19(18)16-26)7-9-23(28)25-29/h3-9,12,15,29H,2,10-11,13-14,16H2,1H3,(H,25,28)/b9-7+. The van der Waals surface area contributed by atoms with E-state index in [4.69, 9.17) is 10.3 Å². The fourth-order valence-electron chi connectivity index (χ4n) is 4.06.